The third-order valence-electron chi connectivity index (χ3n) is 1.26. The first-order chi connectivity index (χ1) is 7.06. The third kappa shape index (κ3) is 36.8. The first-order valence-electron chi connectivity index (χ1n) is 4.54. The Morgan fingerprint density at radius 2 is 1.38 bits per heavy atom. The van der Waals surface area contributed by atoms with Gasteiger partial charge < -0.3 is 24.5 Å². The molecule has 100 valence electrons. The summed E-state index contributed by atoms with van der Waals surface area (Å²) in [5, 5.41) is 0. The highest BCUT2D eigenvalue weighted by Crippen LogP contribution is 2.35. The maximum atomic E-state index is 10.1. The van der Waals surface area contributed by atoms with Crippen LogP contribution in [0, 0.1) is 0 Å². The molecule has 0 aliphatic heterocycles. The third-order valence-corrected chi connectivity index (χ3v) is 1.78. The van der Waals surface area contributed by atoms with Gasteiger partial charge in [-0.25, -0.2) is 9.13 Å². The summed E-state index contributed by atoms with van der Waals surface area (Å²) in [6, 6.07) is 0. The number of rotatable bonds is 6. The largest absolute Gasteiger partial charge is 0.469 e. The van der Waals surface area contributed by atoms with E-state index in [0.29, 0.717) is 0 Å². The average molecular weight is 280 g/mol. The van der Waals surface area contributed by atoms with E-state index in [0.717, 1.165) is 25.7 Å². The molecule has 0 aliphatic rings. The van der Waals surface area contributed by atoms with E-state index in [1.165, 1.54) is 0 Å². The van der Waals surface area contributed by atoms with E-state index in [2.05, 4.69) is 11.4 Å². The fourth-order valence-corrected chi connectivity index (χ4v) is 1.08. The molecular weight excluding hydrogens is 262 g/mol. The summed E-state index contributed by atoms with van der Waals surface area (Å²) >= 11 is 0. The number of hydrogen-bond donors (Lipinski definition) is 5. The minimum Gasteiger partial charge on any atom is -0.303 e. The van der Waals surface area contributed by atoms with Gasteiger partial charge in [0, 0.05) is 0 Å². The van der Waals surface area contributed by atoms with Crippen LogP contribution >= 0.6 is 15.6 Å². The van der Waals surface area contributed by atoms with Gasteiger partial charge in [0.1, 0.15) is 0 Å². The maximum Gasteiger partial charge on any atom is 0.469 e. The normalized spacial score (nSPS) is 11.9. The highest BCUT2D eigenvalue weighted by atomic mass is 31.2. The second-order valence-corrected chi connectivity index (χ2v) is 5.16. The molecule has 5 N–H and O–H groups in total. The molecule has 0 unspecified atom stereocenters. The lowest BCUT2D eigenvalue weighted by Gasteiger charge is -2.03. The van der Waals surface area contributed by atoms with Crippen LogP contribution in [0.1, 0.15) is 32.6 Å². The molecule has 16 heavy (non-hydrogen) atoms. The van der Waals surface area contributed by atoms with Crippen molar-refractivity contribution in [2.75, 3.05) is 6.61 Å². The van der Waals surface area contributed by atoms with Gasteiger partial charge in [-0.2, -0.15) is 0 Å². The predicted octanol–water partition coefficient (Wildman–Crippen LogP) is 0.747. The first-order valence-corrected chi connectivity index (χ1v) is 7.64. The summed E-state index contributed by atoms with van der Waals surface area (Å²) in [5.74, 6) is 0. The molecule has 0 aromatic carbocycles. The Hall–Kier alpha value is 0.220. The van der Waals surface area contributed by atoms with E-state index in [-0.39, 0.29) is 6.61 Å². The maximum absolute atomic E-state index is 10.1. The zero-order chi connectivity index (χ0) is 13.2. The van der Waals surface area contributed by atoms with Gasteiger partial charge in [-0.3, -0.25) is 4.52 Å². The molecule has 0 fully saturated rings. The summed E-state index contributed by atoms with van der Waals surface area (Å²) in [6.45, 7) is 2.23. The van der Waals surface area contributed by atoms with Gasteiger partial charge in [-0.1, -0.05) is 26.2 Å². The Morgan fingerprint density at radius 1 is 0.938 bits per heavy atom. The van der Waals surface area contributed by atoms with Gasteiger partial charge in [0.25, 0.3) is 0 Å². The molecule has 0 spiro atoms. The van der Waals surface area contributed by atoms with Crippen LogP contribution < -0.4 is 0 Å². The van der Waals surface area contributed by atoms with Crippen LogP contribution in [0.4, 0.5) is 0 Å². The summed E-state index contributed by atoms with van der Waals surface area (Å²) in [7, 11) is -8.85. The fourth-order valence-electron chi connectivity index (χ4n) is 0.712. The lowest BCUT2D eigenvalue weighted by atomic mass is 10.2. The van der Waals surface area contributed by atoms with E-state index >= 15 is 0 Å². The van der Waals surface area contributed by atoms with Crippen LogP contribution in [0.25, 0.3) is 0 Å². The standard InChI is InChI=1S/C6H15O4P.H3O4P/c1-2-3-4-5-6-10-11(7,8)9;1-5(2,3)4/h2-6H2,1H3,(H2,7,8,9);(H3,1,2,3,4). The van der Waals surface area contributed by atoms with Gasteiger partial charge >= 0.3 is 15.6 Å². The number of hydrogen-bond acceptors (Lipinski definition) is 3. The Bertz CT molecular complexity index is 235. The van der Waals surface area contributed by atoms with Crippen molar-refractivity contribution < 1.29 is 38.1 Å². The van der Waals surface area contributed by atoms with Crippen LogP contribution in [-0.2, 0) is 13.7 Å². The molecule has 0 atom stereocenters. The monoisotopic (exact) mass is 280 g/mol. The van der Waals surface area contributed by atoms with Gasteiger partial charge in [-0.15, -0.1) is 0 Å². The predicted molar refractivity (Wildman–Crippen MR) is 56.4 cm³/mol. The topological polar surface area (TPSA) is 145 Å². The number of unbranched alkanes of at least 4 members (excludes halogenated alkanes) is 3. The molecule has 0 aromatic heterocycles. The Balaban J connectivity index is 0. The molecular formula is C6H18O8P2. The summed E-state index contributed by atoms with van der Waals surface area (Å²) in [4.78, 5) is 38.1. The molecule has 0 radical (unpaired) electrons. The lowest BCUT2D eigenvalue weighted by molar-refractivity contribution is 0.193. The Labute approximate surface area is 93.8 Å². The molecule has 0 heterocycles. The molecule has 0 rings (SSSR count). The number of phosphoric ester groups is 1. The van der Waals surface area contributed by atoms with Crippen molar-refractivity contribution in [2.24, 2.45) is 0 Å². The molecule has 0 bridgehead atoms. The zero-order valence-corrected chi connectivity index (χ0v) is 10.7. The van der Waals surface area contributed by atoms with Crippen molar-refractivity contribution in [3.8, 4) is 0 Å². The van der Waals surface area contributed by atoms with Crippen LogP contribution in [0.2, 0.25) is 0 Å². The average Bonchev–Trinajstić information content (AvgIpc) is 1.98. The Morgan fingerprint density at radius 3 is 1.69 bits per heavy atom. The first kappa shape index (κ1) is 18.6. The second-order valence-electron chi connectivity index (χ2n) is 2.90. The number of phosphoric acid groups is 2. The minimum atomic E-state index is -4.64. The van der Waals surface area contributed by atoms with Crippen molar-refractivity contribution in [1.82, 2.24) is 0 Å². The van der Waals surface area contributed by atoms with Gasteiger partial charge in [0.2, 0.25) is 0 Å². The van der Waals surface area contributed by atoms with Crippen molar-refractivity contribution in [2.45, 2.75) is 32.6 Å². The molecule has 0 aromatic rings. The molecule has 0 saturated carbocycles. The summed E-state index contributed by atoms with van der Waals surface area (Å²) < 4.78 is 23.3. The van der Waals surface area contributed by atoms with E-state index in [1.807, 2.05) is 0 Å². The van der Waals surface area contributed by atoms with E-state index in [1.54, 1.807) is 0 Å². The van der Waals surface area contributed by atoms with Crippen LogP contribution in [0.3, 0.4) is 0 Å². The summed E-state index contributed by atoms with van der Waals surface area (Å²) in [5.41, 5.74) is 0. The zero-order valence-electron chi connectivity index (χ0n) is 8.89. The second kappa shape index (κ2) is 9.27. The smallest absolute Gasteiger partial charge is 0.303 e. The van der Waals surface area contributed by atoms with E-state index < -0.39 is 15.6 Å². The van der Waals surface area contributed by atoms with E-state index in [9.17, 15) is 4.57 Å². The molecule has 10 heteroatoms. The lowest BCUT2D eigenvalue weighted by Crippen LogP contribution is -1.91. The van der Waals surface area contributed by atoms with Crippen molar-refractivity contribution >= 4 is 15.6 Å². The van der Waals surface area contributed by atoms with Crippen LogP contribution in [0.15, 0.2) is 0 Å². The summed E-state index contributed by atoms with van der Waals surface area (Å²) in [6.07, 6.45) is 3.88. The highest BCUT2D eigenvalue weighted by molar-refractivity contribution is 7.46. The van der Waals surface area contributed by atoms with Gasteiger partial charge in [0.05, 0.1) is 6.61 Å². The Kier molecular flexibility index (Phi) is 10.8. The molecule has 0 saturated heterocycles. The van der Waals surface area contributed by atoms with Gasteiger partial charge in [0.15, 0.2) is 0 Å². The quantitative estimate of drug-likeness (QED) is 0.354. The molecule has 0 aliphatic carbocycles. The van der Waals surface area contributed by atoms with Crippen LogP contribution in [-0.4, -0.2) is 31.1 Å². The van der Waals surface area contributed by atoms with Crippen molar-refractivity contribution in [3.63, 3.8) is 0 Å². The van der Waals surface area contributed by atoms with Crippen molar-refractivity contribution in [1.29, 1.82) is 0 Å². The minimum absolute atomic E-state index is 0.157. The van der Waals surface area contributed by atoms with Gasteiger partial charge in [-0.05, 0) is 6.42 Å². The SMILES string of the molecule is CCCCCCOP(=O)(O)O.O=P(O)(O)O. The van der Waals surface area contributed by atoms with Crippen LogP contribution in [0.5, 0.6) is 0 Å². The highest BCUT2D eigenvalue weighted by Gasteiger charge is 2.11. The molecule has 8 nitrogen and oxygen atoms in total. The fraction of sp³-hybridized carbons (Fsp3) is 1.00. The van der Waals surface area contributed by atoms with E-state index in [4.69, 9.17) is 29.0 Å². The van der Waals surface area contributed by atoms with Crippen molar-refractivity contribution in [3.05, 3.63) is 0 Å². The molecule has 0 amide bonds.